The molecule has 3 aromatic rings. The van der Waals surface area contributed by atoms with Gasteiger partial charge in [0.2, 0.25) is 0 Å². The van der Waals surface area contributed by atoms with Crippen molar-refractivity contribution in [2.24, 2.45) is 0 Å². The molecule has 0 bridgehead atoms. The minimum absolute atomic E-state index is 0.289. The van der Waals surface area contributed by atoms with Crippen LogP contribution in [0.2, 0.25) is 0 Å². The molecule has 0 radical (unpaired) electrons. The number of carbonyl (C=O) groups is 1. The molecule has 0 aliphatic carbocycles. The van der Waals surface area contributed by atoms with E-state index in [0.29, 0.717) is 23.1 Å². The van der Waals surface area contributed by atoms with E-state index in [4.69, 9.17) is 0 Å². The van der Waals surface area contributed by atoms with Gasteiger partial charge in [-0.05, 0) is 31.9 Å². The molecule has 24 heavy (non-hydrogen) atoms. The van der Waals surface area contributed by atoms with Gasteiger partial charge in [-0.1, -0.05) is 0 Å². The lowest BCUT2D eigenvalue weighted by molar-refractivity contribution is 0.102. The quantitative estimate of drug-likeness (QED) is 0.790. The van der Waals surface area contributed by atoms with Crippen LogP contribution in [0.4, 0.5) is 11.6 Å². The number of anilines is 2. The maximum atomic E-state index is 12.5. The Balaban J connectivity index is 1.67. The van der Waals surface area contributed by atoms with Gasteiger partial charge < -0.3 is 10.2 Å². The predicted molar refractivity (Wildman–Crippen MR) is 89.0 cm³/mol. The number of nitrogens with one attached hydrogen (secondary N) is 1. The zero-order chi connectivity index (χ0) is 16.5. The fourth-order valence-electron chi connectivity index (χ4n) is 3.00. The summed E-state index contributed by atoms with van der Waals surface area (Å²) >= 11 is 0. The lowest BCUT2D eigenvalue weighted by Crippen LogP contribution is -2.27. The molecule has 1 fully saturated rings. The molecule has 1 aliphatic rings. The van der Waals surface area contributed by atoms with Crippen LogP contribution in [0.25, 0.3) is 5.65 Å². The van der Waals surface area contributed by atoms with Gasteiger partial charge in [0.25, 0.3) is 5.91 Å². The Hall–Kier alpha value is -3.03. The Morgan fingerprint density at radius 3 is 3.04 bits per heavy atom. The molecule has 1 saturated heterocycles. The third kappa shape index (κ3) is 2.55. The van der Waals surface area contributed by atoms with Gasteiger partial charge in [0.05, 0.1) is 6.20 Å². The first-order valence-corrected chi connectivity index (χ1v) is 7.91. The highest BCUT2D eigenvalue weighted by molar-refractivity contribution is 6.07. The number of hydrogen-bond donors (Lipinski definition) is 1. The lowest BCUT2D eigenvalue weighted by Gasteiger charge is -2.22. The second kappa shape index (κ2) is 5.88. The summed E-state index contributed by atoms with van der Waals surface area (Å²) in [5, 5.41) is 6.95. The highest BCUT2D eigenvalue weighted by atomic mass is 16.1. The summed E-state index contributed by atoms with van der Waals surface area (Å²) in [4.78, 5) is 27.3. The molecule has 0 aromatic carbocycles. The molecule has 122 valence electrons. The zero-order valence-corrected chi connectivity index (χ0v) is 13.3. The second-order valence-corrected chi connectivity index (χ2v) is 5.85. The first kappa shape index (κ1) is 14.6. The number of nitrogens with zero attached hydrogens (tertiary/aromatic N) is 6. The zero-order valence-electron chi connectivity index (χ0n) is 13.3. The molecular weight excluding hydrogens is 306 g/mol. The van der Waals surface area contributed by atoms with Gasteiger partial charge in [-0.25, -0.2) is 19.5 Å². The number of rotatable bonds is 3. The maximum absolute atomic E-state index is 12.5. The molecule has 0 spiro atoms. The molecule has 1 unspecified atom stereocenters. The first-order valence-electron chi connectivity index (χ1n) is 7.91. The molecule has 4 rings (SSSR count). The Bertz CT molecular complexity index is 877. The largest absolute Gasteiger partial charge is 0.354 e. The average molecular weight is 323 g/mol. The van der Waals surface area contributed by atoms with Gasteiger partial charge in [0.15, 0.2) is 5.65 Å². The summed E-state index contributed by atoms with van der Waals surface area (Å²) < 4.78 is 1.61. The van der Waals surface area contributed by atoms with Crippen molar-refractivity contribution < 1.29 is 4.79 Å². The lowest BCUT2D eigenvalue weighted by atomic mass is 10.2. The summed E-state index contributed by atoms with van der Waals surface area (Å²) in [5.74, 6) is 1.03. The van der Waals surface area contributed by atoms with Crippen molar-refractivity contribution in [3.05, 3.63) is 42.6 Å². The molecule has 8 heteroatoms. The van der Waals surface area contributed by atoms with Gasteiger partial charge in [0.1, 0.15) is 23.5 Å². The standard InChI is InChI=1S/C16H17N7O/c1-11-3-2-7-22(11)14-5-8-23-15(21-14)12(9-19-23)16(24)20-13-4-6-17-10-18-13/h4-6,8-11H,2-3,7H2,1H3,(H,17,18,20,24). The van der Waals surface area contributed by atoms with E-state index < -0.39 is 0 Å². The van der Waals surface area contributed by atoms with E-state index in [1.165, 1.54) is 12.5 Å². The number of amides is 1. The Kier molecular flexibility index (Phi) is 3.56. The third-order valence-corrected chi connectivity index (χ3v) is 4.27. The van der Waals surface area contributed by atoms with E-state index in [1.54, 1.807) is 16.8 Å². The maximum Gasteiger partial charge on any atom is 0.262 e. The molecule has 1 atom stereocenters. The van der Waals surface area contributed by atoms with Crippen LogP contribution < -0.4 is 10.2 Å². The van der Waals surface area contributed by atoms with Crippen LogP contribution >= 0.6 is 0 Å². The summed E-state index contributed by atoms with van der Waals surface area (Å²) in [5.41, 5.74) is 0.959. The van der Waals surface area contributed by atoms with Gasteiger partial charge in [0, 0.05) is 25.0 Å². The van der Waals surface area contributed by atoms with Crippen molar-refractivity contribution in [3.8, 4) is 0 Å². The molecule has 8 nitrogen and oxygen atoms in total. The Morgan fingerprint density at radius 1 is 1.38 bits per heavy atom. The molecule has 0 saturated carbocycles. The van der Waals surface area contributed by atoms with Crippen LogP contribution in [0, 0.1) is 0 Å². The van der Waals surface area contributed by atoms with Gasteiger partial charge in [-0.15, -0.1) is 0 Å². The van der Waals surface area contributed by atoms with Crippen molar-refractivity contribution in [3.63, 3.8) is 0 Å². The number of hydrogen-bond acceptors (Lipinski definition) is 6. The molecular formula is C16H17N7O. The number of aromatic nitrogens is 5. The van der Waals surface area contributed by atoms with E-state index in [-0.39, 0.29) is 5.91 Å². The minimum atomic E-state index is -0.289. The minimum Gasteiger partial charge on any atom is -0.354 e. The highest BCUT2D eigenvalue weighted by Crippen LogP contribution is 2.24. The average Bonchev–Trinajstić information content (AvgIpc) is 3.21. The van der Waals surface area contributed by atoms with E-state index in [0.717, 1.165) is 25.2 Å². The third-order valence-electron chi connectivity index (χ3n) is 4.27. The smallest absolute Gasteiger partial charge is 0.262 e. The molecule has 1 N–H and O–H groups in total. The van der Waals surface area contributed by atoms with Crippen LogP contribution in [0.3, 0.4) is 0 Å². The van der Waals surface area contributed by atoms with Crippen molar-refractivity contribution in [2.75, 3.05) is 16.8 Å². The Morgan fingerprint density at radius 2 is 2.29 bits per heavy atom. The summed E-state index contributed by atoms with van der Waals surface area (Å²) in [6.45, 7) is 3.18. The topological polar surface area (TPSA) is 88.3 Å². The van der Waals surface area contributed by atoms with Gasteiger partial charge >= 0.3 is 0 Å². The van der Waals surface area contributed by atoms with Crippen molar-refractivity contribution in [1.82, 2.24) is 24.6 Å². The molecule has 1 amide bonds. The first-order chi connectivity index (χ1) is 11.7. The van der Waals surface area contributed by atoms with Crippen LogP contribution in [0.15, 0.2) is 37.1 Å². The SMILES string of the molecule is CC1CCCN1c1ccn2ncc(C(=O)Nc3ccncn3)c2n1. The fourth-order valence-corrected chi connectivity index (χ4v) is 3.00. The summed E-state index contributed by atoms with van der Waals surface area (Å²) in [6.07, 6.45) is 8.64. The van der Waals surface area contributed by atoms with Gasteiger partial charge in [-0.3, -0.25) is 4.79 Å². The van der Waals surface area contributed by atoms with Crippen molar-refractivity contribution in [2.45, 2.75) is 25.8 Å². The Labute approximate surface area is 138 Å². The number of fused-ring (bicyclic) bond motifs is 1. The predicted octanol–water partition coefficient (Wildman–Crippen LogP) is 1.76. The summed E-state index contributed by atoms with van der Waals surface area (Å²) in [6, 6.07) is 4.03. The second-order valence-electron chi connectivity index (χ2n) is 5.85. The van der Waals surface area contributed by atoms with Crippen molar-refractivity contribution in [1.29, 1.82) is 0 Å². The van der Waals surface area contributed by atoms with Crippen molar-refractivity contribution >= 4 is 23.2 Å². The monoisotopic (exact) mass is 323 g/mol. The summed E-state index contributed by atoms with van der Waals surface area (Å²) in [7, 11) is 0. The van der Waals surface area contributed by atoms with Gasteiger partial charge in [-0.2, -0.15) is 5.10 Å². The fraction of sp³-hybridized carbons (Fsp3) is 0.312. The highest BCUT2D eigenvalue weighted by Gasteiger charge is 2.23. The van der Waals surface area contributed by atoms with Crippen LogP contribution in [-0.2, 0) is 0 Å². The van der Waals surface area contributed by atoms with E-state index in [1.807, 2.05) is 12.3 Å². The van der Waals surface area contributed by atoms with Crippen LogP contribution in [0.5, 0.6) is 0 Å². The van der Waals surface area contributed by atoms with E-state index in [9.17, 15) is 4.79 Å². The van der Waals surface area contributed by atoms with Crippen LogP contribution in [-0.4, -0.2) is 43.1 Å². The molecule has 3 aromatic heterocycles. The molecule has 1 aliphatic heterocycles. The van der Waals surface area contributed by atoms with E-state index >= 15 is 0 Å². The number of carbonyl (C=O) groups excluding carboxylic acids is 1. The van der Waals surface area contributed by atoms with E-state index in [2.05, 4.69) is 37.2 Å². The molecule has 4 heterocycles. The normalized spacial score (nSPS) is 17.4. The van der Waals surface area contributed by atoms with Crippen LogP contribution in [0.1, 0.15) is 30.1 Å².